The highest BCUT2D eigenvalue weighted by Crippen LogP contribution is 2.23. The summed E-state index contributed by atoms with van der Waals surface area (Å²) >= 11 is 5.93. The number of primary amides is 1. The number of nitrogens with two attached hydrogens (primary N) is 1. The standard InChI is InChI=1S/C16H18ClN3O3/c17-11-1-2-13-10(7-11)8-14(23-13)16(22)19-12-3-5-20(6-4-12)9-15(18)21/h1-2,7-8,12H,3-6,9H2,(H2,18,21)(H,19,22). The predicted molar refractivity (Wildman–Crippen MR) is 87.3 cm³/mol. The second-order valence-electron chi connectivity index (χ2n) is 5.78. The van der Waals surface area contributed by atoms with Crippen LogP contribution < -0.4 is 11.1 Å². The Morgan fingerprint density at radius 3 is 2.74 bits per heavy atom. The smallest absolute Gasteiger partial charge is 0.287 e. The molecule has 0 unspecified atom stereocenters. The van der Waals surface area contributed by atoms with Crippen LogP contribution in [-0.2, 0) is 4.79 Å². The molecule has 0 atom stereocenters. The van der Waals surface area contributed by atoms with Gasteiger partial charge in [-0.1, -0.05) is 11.6 Å². The predicted octanol–water partition coefficient (Wildman–Crippen LogP) is 1.77. The quantitative estimate of drug-likeness (QED) is 0.891. The highest BCUT2D eigenvalue weighted by molar-refractivity contribution is 6.31. The third-order valence-corrected chi connectivity index (χ3v) is 4.24. The van der Waals surface area contributed by atoms with E-state index in [0.29, 0.717) is 10.6 Å². The van der Waals surface area contributed by atoms with Gasteiger partial charge in [0.15, 0.2) is 5.76 Å². The van der Waals surface area contributed by atoms with Crippen LogP contribution in [0.2, 0.25) is 5.02 Å². The highest BCUT2D eigenvalue weighted by Gasteiger charge is 2.23. The fourth-order valence-corrected chi connectivity index (χ4v) is 3.02. The summed E-state index contributed by atoms with van der Waals surface area (Å²) in [7, 11) is 0. The molecule has 0 aliphatic carbocycles. The van der Waals surface area contributed by atoms with Gasteiger partial charge in [0.25, 0.3) is 5.91 Å². The van der Waals surface area contributed by atoms with Crippen molar-refractivity contribution >= 4 is 34.4 Å². The van der Waals surface area contributed by atoms with Crippen LogP contribution in [0.4, 0.5) is 0 Å². The first kappa shape index (κ1) is 15.8. The zero-order valence-corrected chi connectivity index (χ0v) is 13.3. The maximum Gasteiger partial charge on any atom is 0.287 e. The molecule has 1 aromatic carbocycles. The summed E-state index contributed by atoms with van der Waals surface area (Å²) in [5.41, 5.74) is 5.83. The molecule has 0 radical (unpaired) electrons. The lowest BCUT2D eigenvalue weighted by Crippen LogP contribution is -2.46. The van der Waals surface area contributed by atoms with Gasteiger partial charge >= 0.3 is 0 Å². The number of hydrogen-bond acceptors (Lipinski definition) is 4. The number of halogens is 1. The Hall–Kier alpha value is -2.05. The summed E-state index contributed by atoms with van der Waals surface area (Å²) in [4.78, 5) is 25.2. The largest absolute Gasteiger partial charge is 0.451 e. The van der Waals surface area contributed by atoms with Gasteiger partial charge in [-0.05, 0) is 37.1 Å². The SMILES string of the molecule is NC(=O)CN1CCC(NC(=O)c2cc3cc(Cl)ccc3o2)CC1. The molecule has 7 heteroatoms. The Bertz CT molecular complexity index is 735. The van der Waals surface area contributed by atoms with E-state index in [0.717, 1.165) is 31.3 Å². The Morgan fingerprint density at radius 1 is 1.30 bits per heavy atom. The van der Waals surface area contributed by atoms with E-state index in [1.165, 1.54) is 0 Å². The van der Waals surface area contributed by atoms with E-state index in [9.17, 15) is 9.59 Å². The summed E-state index contributed by atoms with van der Waals surface area (Å²) in [6, 6.07) is 7.00. The maximum atomic E-state index is 12.3. The van der Waals surface area contributed by atoms with Crippen LogP contribution in [0.25, 0.3) is 11.0 Å². The van der Waals surface area contributed by atoms with Crippen molar-refractivity contribution in [3.63, 3.8) is 0 Å². The fraction of sp³-hybridized carbons (Fsp3) is 0.375. The van der Waals surface area contributed by atoms with Crippen molar-refractivity contribution in [2.75, 3.05) is 19.6 Å². The number of carbonyl (C=O) groups is 2. The molecule has 23 heavy (non-hydrogen) atoms. The van der Waals surface area contributed by atoms with Crippen LogP contribution in [0.3, 0.4) is 0 Å². The topological polar surface area (TPSA) is 88.6 Å². The average Bonchev–Trinajstić information content (AvgIpc) is 2.92. The zero-order valence-electron chi connectivity index (χ0n) is 12.5. The van der Waals surface area contributed by atoms with E-state index in [1.54, 1.807) is 24.3 Å². The second kappa shape index (κ2) is 6.60. The van der Waals surface area contributed by atoms with Crippen molar-refractivity contribution < 1.29 is 14.0 Å². The van der Waals surface area contributed by atoms with Gasteiger partial charge in [-0.2, -0.15) is 0 Å². The first-order valence-corrected chi connectivity index (χ1v) is 7.89. The van der Waals surface area contributed by atoms with Crippen LogP contribution in [-0.4, -0.2) is 42.4 Å². The van der Waals surface area contributed by atoms with Gasteiger partial charge in [-0.3, -0.25) is 14.5 Å². The lowest BCUT2D eigenvalue weighted by atomic mass is 10.0. The fourth-order valence-electron chi connectivity index (χ4n) is 2.84. The van der Waals surface area contributed by atoms with Crippen molar-refractivity contribution in [2.45, 2.75) is 18.9 Å². The van der Waals surface area contributed by atoms with Crippen molar-refractivity contribution in [3.8, 4) is 0 Å². The molecule has 6 nitrogen and oxygen atoms in total. The number of nitrogens with zero attached hydrogens (tertiary/aromatic N) is 1. The van der Waals surface area contributed by atoms with E-state index in [1.807, 2.05) is 4.90 Å². The first-order valence-electron chi connectivity index (χ1n) is 7.52. The van der Waals surface area contributed by atoms with E-state index in [4.69, 9.17) is 21.8 Å². The third-order valence-electron chi connectivity index (χ3n) is 4.00. The number of piperidine rings is 1. The van der Waals surface area contributed by atoms with Gasteiger partial charge < -0.3 is 15.5 Å². The molecule has 2 heterocycles. The summed E-state index contributed by atoms with van der Waals surface area (Å²) in [6.07, 6.45) is 1.57. The van der Waals surface area contributed by atoms with Gasteiger partial charge in [-0.15, -0.1) is 0 Å². The molecule has 1 fully saturated rings. The normalized spacial score (nSPS) is 16.6. The molecule has 1 aromatic heterocycles. The molecule has 1 aliphatic rings. The molecule has 1 aliphatic heterocycles. The second-order valence-corrected chi connectivity index (χ2v) is 6.22. The molecule has 1 saturated heterocycles. The molecule has 0 spiro atoms. The number of hydrogen-bond donors (Lipinski definition) is 2. The minimum Gasteiger partial charge on any atom is -0.451 e. The maximum absolute atomic E-state index is 12.3. The van der Waals surface area contributed by atoms with E-state index in [2.05, 4.69) is 5.32 Å². The van der Waals surface area contributed by atoms with Crippen molar-refractivity contribution in [3.05, 3.63) is 35.0 Å². The lowest BCUT2D eigenvalue weighted by molar-refractivity contribution is -0.119. The van der Waals surface area contributed by atoms with Crippen LogP contribution in [0.1, 0.15) is 23.4 Å². The Labute approximate surface area is 138 Å². The number of fused-ring (bicyclic) bond motifs is 1. The molecule has 3 N–H and O–H groups in total. The number of furan rings is 1. The molecular weight excluding hydrogens is 318 g/mol. The van der Waals surface area contributed by atoms with Crippen molar-refractivity contribution in [2.24, 2.45) is 5.73 Å². The lowest BCUT2D eigenvalue weighted by Gasteiger charge is -2.31. The van der Waals surface area contributed by atoms with Gasteiger partial charge in [0.05, 0.1) is 6.54 Å². The zero-order chi connectivity index (χ0) is 16.4. The monoisotopic (exact) mass is 335 g/mol. The van der Waals surface area contributed by atoms with E-state index >= 15 is 0 Å². The molecule has 2 amide bonds. The Balaban J connectivity index is 1.59. The molecular formula is C16H18ClN3O3. The Kier molecular flexibility index (Phi) is 4.54. The number of nitrogens with one attached hydrogen (secondary N) is 1. The van der Waals surface area contributed by atoms with Crippen LogP contribution >= 0.6 is 11.6 Å². The number of rotatable bonds is 4. The first-order chi connectivity index (χ1) is 11.0. The minimum atomic E-state index is -0.326. The molecule has 0 saturated carbocycles. The average molecular weight is 336 g/mol. The highest BCUT2D eigenvalue weighted by atomic mass is 35.5. The van der Waals surface area contributed by atoms with E-state index in [-0.39, 0.29) is 30.2 Å². The summed E-state index contributed by atoms with van der Waals surface area (Å²) in [6.45, 7) is 1.75. The number of benzene rings is 1. The van der Waals surface area contributed by atoms with E-state index < -0.39 is 0 Å². The van der Waals surface area contributed by atoms with Gasteiger partial charge in [0, 0.05) is 29.5 Å². The summed E-state index contributed by atoms with van der Waals surface area (Å²) in [5.74, 6) is -0.277. The number of amides is 2. The molecule has 3 rings (SSSR count). The minimum absolute atomic E-state index is 0.0726. The summed E-state index contributed by atoms with van der Waals surface area (Å²) in [5, 5.41) is 4.38. The van der Waals surface area contributed by atoms with Crippen molar-refractivity contribution in [1.29, 1.82) is 0 Å². The Morgan fingerprint density at radius 2 is 2.04 bits per heavy atom. The summed E-state index contributed by atoms with van der Waals surface area (Å²) < 4.78 is 5.56. The van der Waals surface area contributed by atoms with Crippen LogP contribution in [0.15, 0.2) is 28.7 Å². The van der Waals surface area contributed by atoms with Gasteiger partial charge in [-0.25, -0.2) is 0 Å². The van der Waals surface area contributed by atoms with Gasteiger partial charge in [0.1, 0.15) is 5.58 Å². The van der Waals surface area contributed by atoms with Crippen molar-refractivity contribution in [1.82, 2.24) is 10.2 Å². The third kappa shape index (κ3) is 3.83. The molecule has 2 aromatic rings. The van der Waals surface area contributed by atoms with Gasteiger partial charge in [0.2, 0.25) is 5.91 Å². The molecule has 122 valence electrons. The number of likely N-dealkylation sites (tertiary alicyclic amines) is 1. The van der Waals surface area contributed by atoms with Crippen LogP contribution in [0.5, 0.6) is 0 Å². The number of carbonyl (C=O) groups excluding carboxylic acids is 2. The molecule has 0 bridgehead atoms. The van der Waals surface area contributed by atoms with Crippen LogP contribution in [0, 0.1) is 0 Å².